The van der Waals surface area contributed by atoms with Gasteiger partial charge in [0.2, 0.25) is 0 Å². The van der Waals surface area contributed by atoms with E-state index in [1.54, 1.807) is 24.3 Å². The number of ketones is 1. The molecule has 0 aromatic rings. The Balaban J connectivity index is 2.19. The van der Waals surface area contributed by atoms with Gasteiger partial charge in [0.15, 0.2) is 11.3 Å². The Hall–Kier alpha value is -2.63. The normalized spacial score (nSPS) is 26.6. The number of Topliss-reactive ketones (excluding diaryl/α,β-unsaturated/α-hetero) is 1. The van der Waals surface area contributed by atoms with Crippen molar-refractivity contribution in [3.05, 3.63) is 12.2 Å². The highest BCUT2D eigenvalue weighted by molar-refractivity contribution is 5.84. The maximum Gasteiger partial charge on any atom is 0.179 e. The van der Waals surface area contributed by atoms with Crippen LogP contribution in [0.15, 0.2) is 12.2 Å². The number of fused-ring (bicyclic) bond motifs is 2. The number of carbonyl (C=O) groups excluding carboxylic acids is 1. The monoisotopic (exact) mass is 264 g/mol. The first kappa shape index (κ1) is 13.8. The van der Waals surface area contributed by atoms with Crippen LogP contribution in [-0.2, 0) is 4.79 Å². The van der Waals surface area contributed by atoms with Gasteiger partial charge in [0.25, 0.3) is 0 Å². The molecule has 1 fully saturated rings. The van der Waals surface area contributed by atoms with Crippen molar-refractivity contribution in [1.29, 1.82) is 21.0 Å². The fraction of sp³-hybridized carbons (Fsp3) is 0.533. The molecule has 2 bridgehead atoms. The molecule has 0 aromatic heterocycles. The molecular formula is C15H12N4O. The van der Waals surface area contributed by atoms with Crippen molar-refractivity contribution in [1.82, 2.24) is 0 Å². The summed E-state index contributed by atoms with van der Waals surface area (Å²) in [5.74, 6) is -1.17. The van der Waals surface area contributed by atoms with Crippen molar-refractivity contribution in [2.75, 3.05) is 0 Å². The number of carbonyl (C=O) groups is 1. The lowest BCUT2D eigenvalue weighted by Crippen LogP contribution is -2.32. The van der Waals surface area contributed by atoms with Gasteiger partial charge < -0.3 is 0 Å². The molecule has 2 aliphatic rings. The first-order valence-corrected chi connectivity index (χ1v) is 6.43. The second-order valence-corrected chi connectivity index (χ2v) is 5.42. The number of hydrogen-bond acceptors (Lipinski definition) is 5. The second-order valence-electron chi connectivity index (χ2n) is 5.42. The molecule has 0 saturated heterocycles. The Morgan fingerprint density at radius 1 is 1.15 bits per heavy atom. The van der Waals surface area contributed by atoms with Crippen molar-refractivity contribution in [3.63, 3.8) is 0 Å². The maximum absolute atomic E-state index is 12.3. The lowest BCUT2D eigenvalue weighted by atomic mass is 9.72. The molecule has 2 rings (SSSR count). The zero-order valence-corrected chi connectivity index (χ0v) is 10.8. The summed E-state index contributed by atoms with van der Waals surface area (Å²) in [5, 5.41) is 36.2. The van der Waals surface area contributed by atoms with Gasteiger partial charge in [-0.05, 0) is 24.7 Å². The third-order valence-corrected chi connectivity index (χ3v) is 4.30. The largest absolute Gasteiger partial charge is 0.299 e. The highest BCUT2D eigenvalue weighted by atomic mass is 16.1. The molecule has 0 heterocycles. The molecule has 0 aliphatic heterocycles. The fourth-order valence-electron chi connectivity index (χ4n) is 3.14. The Morgan fingerprint density at radius 2 is 1.80 bits per heavy atom. The highest BCUT2D eigenvalue weighted by Gasteiger charge is 2.47. The third-order valence-electron chi connectivity index (χ3n) is 4.30. The number of hydrogen-bond donors (Lipinski definition) is 0. The van der Waals surface area contributed by atoms with Crippen molar-refractivity contribution < 1.29 is 4.79 Å². The van der Waals surface area contributed by atoms with Crippen LogP contribution in [0.5, 0.6) is 0 Å². The number of rotatable bonds is 4. The summed E-state index contributed by atoms with van der Waals surface area (Å²) in [6.45, 7) is 0. The van der Waals surface area contributed by atoms with Gasteiger partial charge >= 0.3 is 0 Å². The number of nitrogens with zero attached hydrogens (tertiary/aromatic N) is 4. The van der Waals surface area contributed by atoms with Crippen LogP contribution in [0.25, 0.3) is 0 Å². The molecule has 3 atom stereocenters. The van der Waals surface area contributed by atoms with Crippen LogP contribution < -0.4 is 0 Å². The molecule has 98 valence electrons. The molecule has 0 amide bonds. The van der Waals surface area contributed by atoms with E-state index >= 15 is 0 Å². The van der Waals surface area contributed by atoms with Gasteiger partial charge in [-0.25, -0.2) is 0 Å². The van der Waals surface area contributed by atoms with Gasteiger partial charge in [-0.2, -0.15) is 21.0 Å². The van der Waals surface area contributed by atoms with Crippen molar-refractivity contribution in [2.45, 2.75) is 19.3 Å². The summed E-state index contributed by atoms with van der Waals surface area (Å²) >= 11 is 0. The standard InChI is InChI=1S/C15H12N4O/c16-6-12(7-17)15(8-18,9-19)5-14(20)13-4-10-1-2-11(13)3-10/h1-2,10-13H,3-5H2/t10-,11+,13-/m1/s1. The third kappa shape index (κ3) is 2.05. The zero-order chi connectivity index (χ0) is 14.8. The minimum Gasteiger partial charge on any atom is -0.299 e. The predicted molar refractivity (Wildman–Crippen MR) is 66.8 cm³/mol. The predicted octanol–water partition coefficient (Wildman–Crippen LogP) is 1.85. The minimum atomic E-state index is -1.86. The number of allylic oxidation sites excluding steroid dienone is 2. The molecule has 20 heavy (non-hydrogen) atoms. The Kier molecular flexibility index (Phi) is 3.56. The first-order chi connectivity index (χ1) is 9.60. The molecule has 5 nitrogen and oxygen atoms in total. The van der Waals surface area contributed by atoms with E-state index in [0.29, 0.717) is 5.92 Å². The lowest BCUT2D eigenvalue weighted by Gasteiger charge is -2.22. The Bertz CT molecular complexity index is 594. The van der Waals surface area contributed by atoms with E-state index in [1.165, 1.54) is 0 Å². The van der Waals surface area contributed by atoms with Gasteiger partial charge in [0.05, 0.1) is 24.3 Å². The van der Waals surface area contributed by atoms with Crippen molar-refractivity contribution in [3.8, 4) is 24.3 Å². The van der Waals surface area contributed by atoms with E-state index in [-0.39, 0.29) is 24.0 Å². The molecule has 0 spiro atoms. The first-order valence-electron chi connectivity index (χ1n) is 6.43. The molecule has 5 heteroatoms. The molecule has 0 radical (unpaired) electrons. The number of nitriles is 4. The van der Waals surface area contributed by atoms with Crippen LogP contribution in [0.4, 0.5) is 0 Å². The summed E-state index contributed by atoms with van der Waals surface area (Å²) in [6.07, 6.45) is 5.47. The average molecular weight is 264 g/mol. The second kappa shape index (κ2) is 5.16. The van der Waals surface area contributed by atoms with Crippen LogP contribution in [0, 0.1) is 74.4 Å². The van der Waals surface area contributed by atoms with E-state index in [9.17, 15) is 15.3 Å². The topological polar surface area (TPSA) is 112 Å². The van der Waals surface area contributed by atoms with E-state index in [0.717, 1.165) is 12.8 Å². The van der Waals surface area contributed by atoms with Crippen LogP contribution in [0.2, 0.25) is 0 Å². The van der Waals surface area contributed by atoms with E-state index < -0.39 is 11.3 Å². The summed E-state index contributed by atoms with van der Waals surface area (Å²) < 4.78 is 0. The average Bonchev–Trinajstić information content (AvgIpc) is 3.09. The van der Waals surface area contributed by atoms with E-state index in [2.05, 4.69) is 6.08 Å². The molecule has 0 aromatic carbocycles. The molecule has 2 aliphatic carbocycles. The van der Waals surface area contributed by atoms with Crippen LogP contribution in [0.1, 0.15) is 19.3 Å². The molecular weight excluding hydrogens is 252 g/mol. The Morgan fingerprint density at radius 3 is 2.20 bits per heavy atom. The van der Waals surface area contributed by atoms with Crippen molar-refractivity contribution in [2.24, 2.45) is 29.1 Å². The SMILES string of the molecule is N#CC(C#N)C(C#N)(C#N)CC(=O)[C@@H]1C[C@@H]2C=C[C@H]1C2. The quantitative estimate of drug-likeness (QED) is 0.719. The highest BCUT2D eigenvalue weighted by Crippen LogP contribution is 2.45. The zero-order valence-electron chi connectivity index (χ0n) is 10.8. The molecule has 0 N–H and O–H groups in total. The minimum absolute atomic E-state index is 0.177. The van der Waals surface area contributed by atoms with E-state index in [4.69, 9.17) is 10.5 Å². The van der Waals surface area contributed by atoms with E-state index in [1.807, 2.05) is 6.08 Å². The Labute approximate surface area is 117 Å². The summed E-state index contributed by atoms with van der Waals surface area (Å²) in [6, 6.07) is 6.75. The summed E-state index contributed by atoms with van der Waals surface area (Å²) in [5.41, 5.74) is -1.86. The van der Waals surface area contributed by atoms with Gasteiger partial charge in [0.1, 0.15) is 5.78 Å². The fourth-order valence-corrected chi connectivity index (χ4v) is 3.14. The summed E-state index contributed by atoms with van der Waals surface area (Å²) in [7, 11) is 0. The smallest absolute Gasteiger partial charge is 0.179 e. The van der Waals surface area contributed by atoms with Crippen LogP contribution in [0.3, 0.4) is 0 Å². The van der Waals surface area contributed by atoms with Gasteiger partial charge in [-0.15, -0.1) is 0 Å². The van der Waals surface area contributed by atoms with Gasteiger partial charge in [-0.1, -0.05) is 12.2 Å². The molecule has 0 unspecified atom stereocenters. The van der Waals surface area contributed by atoms with Crippen LogP contribution >= 0.6 is 0 Å². The van der Waals surface area contributed by atoms with Crippen molar-refractivity contribution >= 4 is 5.78 Å². The summed E-state index contributed by atoms with van der Waals surface area (Å²) in [4.78, 5) is 12.3. The lowest BCUT2D eigenvalue weighted by molar-refractivity contribution is -0.124. The van der Waals surface area contributed by atoms with Gasteiger partial charge in [-0.3, -0.25) is 4.79 Å². The van der Waals surface area contributed by atoms with Crippen LogP contribution in [-0.4, -0.2) is 5.78 Å². The van der Waals surface area contributed by atoms with Gasteiger partial charge in [0, 0.05) is 12.3 Å². The molecule has 1 saturated carbocycles. The maximum atomic E-state index is 12.3.